The Kier molecular flexibility index (Phi) is 22.8. The van der Waals surface area contributed by atoms with Crippen LogP contribution >= 0.6 is 48.2 Å². The number of nitrogen functional groups attached to an aromatic ring is 1. The molecule has 86 heavy (non-hydrogen) atoms. The first kappa shape index (κ1) is 67.2. The first-order valence-corrected chi connectivity index (χ1v) is 31.0. The fourth-order valence-corrected chi connectivity index (χ4v) is 12.3. The minimum Gasteiger partial charge on any atom is -0.505 e. The molecular formula is C41H37N9O28S8. The van der Waals surface area contributed by atoms with E-state index >= 15 is 0 Å². The standard InChI is InChI=1S/C41H37N9O28S8/c1-18(69-85(61,62)63)83(56,57)20-5-9-25(34(11-20)79-75-71-52)43-45-27-16-35(80-76-72-53)29(14-32(27)67-2)47-49-39-23-13-37(82-78-74-55)40(41(51)21(23)6-7-24(39)42)50-48-30-15-33(68-3)28(17-36(30)81-77-73-54)46-44-26-8-4-19(10-38(26)84(58,59)60)22-12-31(22)70-86(64,65)66/h4-11,13-18,22,31,51-55H,12,42H2,1-3H3,(H,58,59,60)(H,61,62,63)(H,64,65,66). The van der Waals surface area contributed by atoms with Crippen LogP contribution in [-0.4, -0.2) is 99.2 Å². The molecule has 3 unspecified atom stereocenters. The number of sulfone groups is 1. The molecule has 0 spiro atoms. The minimum absolute atomic E-state index is 0.00276. The highest BCUT2D eigenvalue weighted by Gasteiger charge is 2.43. The summed E-state index contributed by atoms with van der Waals surface area (Å²) >= 11 is 1.24. The number of phenolic OH excluding ortho intramolecular Hbond substituents is 1. The molecule has 0 saturated heterocycles. The van der Waals surface area contributed by atoms with Gasteiger partial charge in [0.05, 0.1) is 98.7 Å². The van der Waals surface area contributed by atoms with Crippen LogP contribution in [0.3, 0.4) is 0 Å². The summed E-state index contributed by atoms with van der Waals surface area (Å²) < 4.78 is 162. The highest BCUT2D eigenvalue weighted by atomic mass is 32.3. The first-order chi connectivity index (χ1) is 40.7. The van der Waals surface area contributed by atoms with Gasteiger partial charge in [0.1, 0.15) is 61.9 Å². The normalized spacial score (nSPS) is 15.5. The highest BCUT2D eigenvalue weighted by Crippen LogP contribution is 2.51. The summed E-state index contributed by atoms with van der Waals surface area (Å²) in [4.78, 5) is -1.72. The number of benzene rings is 6. The van der Waals surface area contributed by atoms with Gasteiger partial charge in [0.25, 0.3) is 10.1 Å². The smallest absolute Gasteiger partial charge is 0.398 e. The zero-order valence-electron chi connectivity index (χ0n) is 42.6. The number of nitrogens with two attached hydrogens (primary N) is 1. The van der Waals surface area contributed by atoms with Gasteiger partial charge in [-0.15, -0.1) is 58.2 Å². The number of anilines is 1. The number of nitrogens with zero attached hydrogens (tertiary/aromatic N) is 8. The van der Waals surface area contributed by atoms with Crippen molar-refractivity contribution in [3.63, 3.8) is 0 Å². The topological polar surface area (TPSA) is 534 Å². The Morgan fingerprint density at radius 2 is 1.02 bits per heavy atom. The van der Waals surface area contributed by atoms with Gasteiger partial charge in [-0.25, -0.2) is 37.8 Å². The fraction of sp³-hybridized carbons (Fsp3) is 0.171. The summed E-state index contributed by atoms with van der Waals surface area (Å²) in [5, 5.41) is 96.2. The summed E-state index contributed by atoms with van der Waals surface area (Å²) in [7, 11) is -17.2. The van der Waals surface area contributed by atoms with E-state index in [2.05, 4.69) is 82.4 Å². The molecule has 0 heterocycles. The van der Waals surface area contributed by atoms with Crippen LogP contribution in [-0.2, 0) is 86.6 Å². The van der Waals surface area contributed by atoms with E-state index in [4.69, 9.17) is 49.7 Å². The third kappa shape index (κ3) is 17.3. The van der Waals surface area contributed by atoms with Gasteiger partial charge in [-0.1, -0.05) is 26.2 Å². The Balaban J connectivity index is 1.23. The predicted molar refractivity (Wildman–Crippen MR) is 291 cm³/mol. The van der Waals surface area contributed by atoms with E-state index in [0.717, 1.165) is 37.3 Å². The summed E-state index contributed by atoms with van der Waals surface area (Å²) in [6.07, 6.45) is -0.902. The highest BCUT2D eigenvalue weighted by molar-refractivity contribution is 7.95. The second kappa shape index (κ2) is 29.1. The third-order valence-electron chi connectivity index (χ3n) is 11.0. The molecule has 1 aliphatic carbocycles. The van der Waals surface area contributed by atoms with Crippen molar-refractivity contribution in [2.75, 3.05) is 20.0 Å². The quantitative estimate of drug-likeness (QED) is 0.00505. The van der Waals surface area contributed by atoms with Crippen molar-refractivity contribution in [1.82, 2.24) is 0 Å². The summed E-state index contributed by atoms with van der Waals surface area (Å²) in [5.41, 5.74) is 2.96. The van der Waals surface area contributed by atoms with Crippen LogP contribution in [0.15, 0.2) is 149 Å². The molecule has 3 atom stereocenters. The molecule has 0 aromatic heterocycles. The van der Waals surface area contributed by atoms with Crippen molar-refractivity contribution in [3.8, 4) is 17.2 Å². The number of aromatic hydroxyl groups is 1. The van der Waals surface area contributed by atoms with Crippen LogP contribution in [0.5, 0.6) is 17.2 Å². The van der Waals surface area contributed by atoms with Gasteiger partial charge in [0.2, 0.25) is 9.84 Å². The second-order valence-corrected chi connectivity index (χ2v) is 24.9. The Bertz CT molecular complexity index is 4110. The number of fused-ring (bicyclic) bond motifs is 1. The maximum atomic E-state index is 13.1. The van der Waals surface area contributed by atoms with Gasteiger partial charge in [-0.05, 0) is 79.6 Å². The Morgan fingerprint density at radius 3 is 1.53 bits per heavy atom. The lowest BCUT2D eigenvalue weighted by Gasteiger charge is -2.13. The number of phenols is 1. The van der Waals surface area contributed by atoms with Crippen molar-refractivity contribution in [2.45, 2.75) is 60.2 Å². The van der Waals surface area contributed by atoms with Crippen LogP contribution in [0.4, 0.5) is 51.2 Å². The molecule has 1 aliphatic rings. The number of hydrogen-bond donors (Lipinski definition) is 9. The number of rotatable bonds is 30. The van der Waals surface area contributed by atoms with Crippen molar-refractivity contribution in [1.29, 1.82) is 0 Å². The second-order valence-electron chi connectivity index (χ2n) is 16.2. The summed E-state index contributed by atoms with van der Waals surface area (Å²) in [6.45, 7) is 0.836. The van der Waals surface area contributed by atoms with E-state index in [-0.39, 0.29) is 111 Å². The van der Waals surface area contributed by atoms with Gasteiger partial charge in [0.15, 0.2) is 11.2 Å². The van der Waals surface area contributed by atoms with E-state index < -0.39 is 79.4 Å². The molecule has 1 fully saturated rings. The maximum Gasteiger partial charge on any atom is 0.398 e. The van der Waals surface area contributed by atoms with Crippen LogP contribution in [0.2, 0.25) is 0 Å². The molecule has 462 valence electrons. The van der Waals surface area contributed by atoms with Crippen LogP contribution in [0.1, 0.15) is 24.8 Å². The first-order valence-electron chi connectivity index (χ1n) is 22.3. The van der Waals surface area contributed by atoms with E-state index in [9.17, 15) is 43.3 Å². The molecule has 6 aromatic rings. The van der Waals surface area contributed by atoms with Gasteiger partial charge >= 0.3 is 20.8 Å². The van der Waals surface area contributed by atoms with Crippen molar-refractivity contribution in [2.24, 2.45) is 40.9 Å². The average Bonchev–Trinajstić information content (AvgIpc) is 1.33. The number of methoxy groups -OCH3 is 2. The number of ether oxygens (including phenoxy) is 2. The van der Waals surface area contributed by atoms with Gasteiger partial charge < -0.3 is 20.3 Å². The molecule has 10 N–H and O–H groups in total. The Labute approximate surface area is 499 Å². The zero-order chi connectivity index (χ0) is 62.7. The molecule has 6 aromatic carbocycles. The van der Waals surface area contributed by atoms with Gasteiger partial charge in [-0.3, -0.25) is 13.7 Å². The van der Waals surface area contributed by atoms with E-state index in [1.807, 2.05) is 0 Å². The van der Waals surface area contributed by atoms with Gasteiger partial charge in [0, 0.05) is 28.8 Å². The van der Waals surface area contributed by atoms with Crippen molar-refractivity contribution >= 4 is 151 Å². The largest absolute Gasteiger partial charge is 0.505 e. The molecule has 45 heteroatoms. The Morgan fingerprint density at radius 1 is 0.535 bits per heavy atom. The third-order valence-corrected chi connectivity index (χ3v) is 17.5. The van der Waals surface area contributed by atoms with E-state index in [1.54, 1.807) is 0 Å². The summed E-state index contributed by atoms with van der Waals surface area (Å²) in [5.74, 6) is -1.46. The maximum absolute atomic E-state index is 13.1. The number of hydrogen-bond acceptors (Lipinski definition) is 38. The minimum atomic E-state index is -5.20. The monoisotopic (exact) mass is 1360 g/mol. The predicted octanol–water partition coefficient (Wildman–Crippen LogP) is 11.4. The van der Waals surface area contributed by atoms with E-state index in [0.29, 0.717) is 36.1 Å². The SMILES string of the molecule is COc1cc(N=Nc2c(N)ccc3c(O)c(N=Nc4cc(OC)c(N=Nc5ccc(C6CC6OS(=O)(=O)O)cc5S(=O)(=O)O)cc4SOOO)c(SOOO)cc23)c(SOOO)cc1N=Nc1ccc(S(=O)(=O)C(C)OS(=O)(=O)O)cc1SOOO. The Hall–Kier alpha value is -6.30. The number of azo groups is 4. The van der Waals surface area contributed by atoms with Crippen LogP contribution < -0.4 is 15.2 Å². The fourth-order valence-electron chi connectivity index (χ4n) is 7.24. The van der Waals surface area contributed by atoms with Crippen molar-refractivity contribution in [3.05, 3.63) is 84.4 Å². The van der Waals surface area contributed by atoms with Crippen molar-refractivity contribution < 1.29 is 129 Å². The molecule has 0 bridgehead atoms. The average molecular weight is 1360 g/mol. The molecule has 37 nitrogen and oxygen atoms in total. The van der Waals surface area contributed by atoms with E-state index in [1.165, 1.54) is 62.8 Å². The van der Waals surface area contributed by atoms with Crippen LogP contribution in [0, 0.1) is 0 Å². The molecule has 0 amide bonds. The van der Waals surface area contributed by atoms with Crippen LogP contribution in [0.25, 0.3) is 10.8 Å². The molecule has 7 rings (SSSR count). The molecular weight excluding hydrogens is 1320 g/mol. The lowest BCUT2D eigenvalue weighted by Crippen LogP contribution is -2.24. The lowest BCUT2D eigenvalue weighted by molar-refractivity contribution is -0.432. The lowest BCUT2D eigenvalue weighted by atomic mass is 10.1. The van der Waals surface area contributed by atoms with Gasteiger partial charge in [-0.2, -0.15) is 25.3 Å². The summed E-state index contributed by atoms with van der Waals surface area (Å²) in [6, 6.07) is 15.4. The molecule has 1 saturated carbocycles. The zero-order valence-corrected chi connectivity index (χ0v) is 49.1. The molecule has 0 radical (unpaired) electrons. The molecule has 0 aliphatic heterocycles.